The van der Waals surface area contributed by atoms with E-state index in [0.29, 0.717) is 28.5 Å². The van der Waals surface area contributed by atoms with Crippen molar-refractivity contribution in [3.63, 3.8) is 0 Å². The third-order valence-corrected chi connectivity index (χ3v) is 4.12. The molecule has 0 aliphatic heterocycles. The van der Waals surface area contributed by atoms with Gasteiger partial charge < -0.3 is 14.6 Å². The summed E-state index contributed by atoms with van der Waals surface area (Å²) in [5.74, 6) is 0.815. The molecular weight excluding hydrogens is 360 g/mol. The molecular formula is C20H20N4O4. The van der Waals surface area contributed by atoms with Gasteiger partial charge in [0.1, 0.15) is 11.4 Å². The number of methoxy groups -OCH3 is 2. The summed E-state index contributed by atoms with van der Waals surface area (Å²) in [5.41, 5.74) is 5.06. The molecule has 0 saturated heterocycles. The molecule has 8 nitrogen and oxygen atoms in total. The van der Waals surface area contributed by atoms with Crippen molar-refractivity contribution in [3.8, 4) is 28.5 Å². The SMILES string of the molecule is COc1ccc(-c2cc(C(=O)NN=C(C)c3ccccc3O)[nH]n2)cc1OC. The van der Waals surface area contributed by atoms with Gasteiger partial charge in [-0.2, -0.15) is 10.2 Å². The summed E-state index contributed by atoms with van der Waals surface area (Å²) in [6.07, 6.45) is 0. The topological polar surface area (TPSA) is 109 Å². The lowest BCUT2D eigenvalue weighted by Crippen LogP contribution is -2.19. The molecule has 2 aromatic carbocycles. The lowest BCUT2D eigenvalue weighted by molar-refractivity contribution is 0.0950. The summed E-state index contributed by atoms with van der Waals surface area (Å²) < 4.78 is 10.5. The molecule has 0 fully saturated rings. The highest BCUT2D eigenvalue weighted by Gasteiger charge is 2.13. The van der Waals surface area contributed by atoms with E-state index in [-0.39, 0.29) is 11.4 Å². The highest BCUT2D eigenvalue weighted by Crippen LogP contribution is 2.31. The van der Waals surface area contributed by atoms with Gasteiger partial charge in [0, 0.05) is 11.1 Å². The van der Waals surface area contributed by atoms with Crippen LogP contribution in [0.1, 0.15) is 23.0 Å². The van der Waals surface area contributed by atoms with Crippen molar-refractivity contribution in [2.75, 3.05) is 14.2 Å². The minimum atomic E-state index is -0.450. The van der Waals surface area contributed by atoms with Crippen LogP contribution in [-0.4, -0.2) is 41.1 Å². The van der Waals surface area contributed by atoms with E-state index in [0.717, 1.165) is 5.56 Å². The van der Waals surface area contributed by atoms with Gasteiger partial charge in [-0.25, -0.2) is 5.43 Å². The zero-order chi connectivity index (χ0) is 20.1. The van der Waals surface area contributed by atoms with E-state index in [1.807, 2.05) is 6.07 Å². The number of phenolic OH excluding ortho intramolecular Hbond substituents is 1. The van der Waals surface area contributed by atoms with Gasteiger partial charge in [0.2, 0.25) is 0 Å². The van der Waals surface area contributed by atoms with E-state index in [1.165, 1.54) is 0 Å². The summed E-state index contributed by atoms with van der Waals surface area (Å²) in [7, 11) is 3.11. The number of para-hydroxylation sites is 1. The lowest BCUT2D eigenvalue weighted by atomic mass is 10.1. The second kappa shape index (κ2) is 8.26. The number of phenols is 1. The Bertz CT molecular complexity index is 1030. The van der Waals surface area contributed by atoms with E-state index in [2.05, 4.69) is 20.7 Å². The van der Waals surface area contributed by atoms with Crippen LogP contribution in [0, 0.1) is 0 Å². The Kier molecular flexibility index (Phi) is 5.59. The van der Waals surface area contributed by atoms with Crippen LogP contribution in [0.2, 0.25) is 0 Å². The summed E-state index contributed by atoms with van der Waals surface area (Å²) in [6.45, 7) is 1.69. The first-order chi connectivity index (χ1) is 13.5. The first kappa shape index (κ1) is 19.0. The summed E-state index contributed by atoms with van der Waals surface area (Å²) in [6, 6.07) is 13.7. The number of nitrogens with zero attached hydrogens (tertiary/aromatic N) is 2. The number of hydrogen-bond donors (Lipinski definition) is 3. The van der Waals surface area contributed by atoms with E-state index >= 15 is 0 Å². The number of carbonyl (C=O) groups is 1. The number of aromatic hydroxyl groups is 1. The van der Waals surface area contributed by atoms with Gasteiger partial charge in [0.25, 0.3) is 5.91 Å². The number of benzene rings is 2. The molecule has 28 heavy (non-hydrogen) atoms. The largest absolute Gasteiger partial charge is 0.507 e. The fraction of sp³-hybridized carbons (Fsp3) is 0.150. The van der Waals surface area contributed by atoms with Crippen LogP contribution in [0.5, 0.6) is 17.2 Å². The van der Waals surface area contributed by atoms with Gasteiger partial charge in [-0.15, -0.1) is 0 Å². The van der Waals surface area contributed by atoms with Gasteiger partial charge in [0.15, 0.2) is 11.5 Å². The van der Waals surface area contributed by atoms with Crippen LogP contribution in [0.25, 0.3) is 11.3 Å². The molecule has 3 aromatic rings. The first-order valence-electron chi connectivity index (χ1n) is 8.44. The van der Waals surface area contributed by atoms with Crippen molar-refractivity contribution in [3.05, 3.63) is 59.8 Å². The third-order valence-electron chi connectivity index (χ3n) is 4.12. The molecule has 1 aromatic heterocycles. The summed E-state index contributed by atoms with van der Waals surface area (Å²) >= 11 is 0. The molecule has 0 aliphatic carbocycles. The fourth-order valence-electron chi connectivity index (χ4n) is 2.62. The number of nitrogens with one attached hydrogen (secondary N) is 2. The Morgan fingerprint density at radius 2 is 1.86 bits per heavy atom. The molecule has 3 rings (SSSR count). The minimum absolute atomic E-state index is 0.0929. The molecule has 8 heteroatoms. The number of ether oxygens (including phenoxy) is 2. The van der Waals surface area contributed by atoms with Gasteiger partial charge in [-0.3, -0.25) is 9.89 Å². The number of aromatic nitrogens is 2. The zero-order valence-electron chi connectivity index (χ0n) is 15.7. The van der Waals surface area contributed by atoms with Crippen molar-refractivity contribution in [2.45, 2.75) is 6.92 Å². The summed E-state index contributed by atoms with van der Waals surface area (Å²) in [5, 5.41) is 20.7. The number of carbonyl (C=O) groups excluding carboxylic acids is 1. The average Bonchev–Trinajstić information content (AvgIpc) is 3.22. The van der Waals surface area contributed by atoms with Crippen LogP contribution in [0.3, 0.4) is 0 Å². The van der Waals surface area contributed by atoms with Crippen LogP contribution in [0.15, 0.2) is 53.6 Å². The van der Waals surface area contributed by atoms with E-state index in [4.69, 9.17) is 9.47 Å². The summed E-state index contributed by atoms with van der Waals surface area (Å²) in [4.78, 5) is 12.3. The van der Waals surface area contributed by atoms with Crippen molar-refractivity contribution in [2.24, 2.45) is 5.10 Å². The highest BCUT2D eigenvalue weighted by atomic mass is 16.5. The average molecular weight is 380 g/mol. The third kappa shape index (κ3) is 3.96. The number of hydrogen-bond acceptors (Lipinski definition) is 6. The number of hydrazone groups is 1. The van der Waals surface area contributed by atoms with Gasteiger partial charge in [0.05, 0.1) is 25.6 Å². The molecule has 3 N–H and O–H groups in total. The number of aromatic amines is 1. The Morgan fingerprint density at radius 3 is 2.57 bits per heavy atom. The fourth-order valence-corrected chi connectivity index (χ4v) is 2.62. The van der Waals surface area contributed by atoms with Crippen molar-refractivity contribution < 1.29 is 19.4 Å². The van der Waals surface area contributed by atoms with Crippen LogP contribution in [-0.2, 0) is 0 Å². The van der Waals surface area contributed by atoms with Crippen LogP contribution < -0.4 is 14.9 Å². The van der Waals surface area contributed by atoms with Crippen molar-refractivity contribution in [1.82, 2.24) is 15.6 Å². The quantitative estimate of drug-likeness (QED) is 0.450. The van der Waals surface area contributed by atoms with E-state index in [9.17, 15) is 9.90 Å². The maximum absolute atomic E-state index is 12.3. The predicted molar refractivity (Wildman–Crippen MR) is 105 cm³/mol. The molecule has 0 saturated carbocycles. The molecule has 0 radical (unpaired) electrons. The molecule has 0 unspecified atom stereocenters. The molecule has 0 spiro atoms. The normalized spacial score (nSPS) is 11.2. The Labute approximate surface area is 161 Å². The second-order valence-electron chi connectivity index (χ2n) is 5.89. The van der Waals surface area contributed by atoms with Gasteiger partial charge in [-0.1, -0.05) is 12.1 Å². The zero-order valence-corrected chi connectivity index (χ0v) is 15.7. The van der Waals surface area contributed by atoms with Gasteiger partial charge in [-0.05, 0) is 43.3 Å². The minimum Gasteiger partial charge on any atom is -0.507 e. The van der Waals surface area contributed by atoms with Crippen LogP contribution >= 0.6 is 0 Å². The Balaban J connectivity index is 1.76. The number of rotatable bonds is 6. The van der Waals surface area contributed by atoms with Crippen molar-refractivity contribution >= 4 is 11.6 Å². The highest BCUT2D eigenvalue weighted by molar-refractivity contribution is 6.02. The molecule has 0 atom stereocenters. The van der Waals surface area contributed by atoms with E-state index < -0.39 is 5.91 Å². The molecule has 0 bridgehead atoms. The van der Waals surface area contributed by atoms with E-state index in [1.54, 1.807) is 63.6 Å². The van der Waals surface area contributed by atoms with Crippen LogP contribution in [0.4, 0.5) is 0 Å². The van der Waals surface area contributed by atoms with Gasteiger partial charge >= 0.3 is 0 Å². The predicted octanol–water partition coefficient (Wildman–Crippen LogP) is 2.95. The number of amides is 1. The standard InChI is InChI=1S/C20H20N4O4/c1-12(14-6-4-5-7-17(14)25)21-24-20(26)16-11-15(22-23-16)13-8-9-18(27-2)19(10-13)28-3/h4-11,25H,1-3H3,(H,22,23)(H,24,26). The lowest BCUT2D eigenvalue weighted by Gasteiger charge is -2.08. The maximum atomic E-state index is 12.3. The number of H-pyrrole nitrogens is 1. The molecule has 144 valence electrons. The molecule has 1 heterocycles. The maximum Gasteiger partial charge on any atom is 0.289 e. The Morgan fingerprint density at radius 1 is 1.11 bits per heavy atom. The first-order valence-corrected chi connectivity index (χ1v) is 8.44. The second-order valence-corrected chi connectivity index (χ2v) is 5.89. The monoisotopic (exact) mass is 380 g/mol. The molecule has 0 aliphatic rings. The smallest absolute Gasteiger partial charge is 0.289 e. The van der Waals surface area contributed by atoms with Crippen molar-refractivity contribution in [1.29, 1.82) is 0 Å². The Hall–Kier alpha value is -3.81. The molecule has 1 amide bonds.